The molecule has 0 spiro atoms. The maximum Gasteiger partial charge on any atom is 0.254 e. The fourth-order valence-electron chi connectivity index (χ4n) is 2.15. The molecule has 0 atom stereocenters. The largest absolute Gasteiger partial charge is 0.496 e. The molecule has 0 heterocycles. The number of ether oxygens (including phenoxy) is 1. The fourth-order valence-corrected chi connectivity index (χ4v) is 2.15. The van der Waals surface area contributed by atoms with Crippen LogP contribution in [0.2, 0.25) is 0 Å². The van der Waals surface area contributed by atoms with Gasteiger partial charge in [-0.2, -0.15) is 0 Å². The van der Waals surface area contributed by atoms with Gasteiger partial charge < -0.3 is 10.1 Å². The van der Waals surface area contributed by atoms with Crippen LogP contribution in [0.3, 0.4) is 0 Å². The molecule has 2 rings (SSSR count). The van der Waals surface area contributed by atoms with Crippen molar-refractivity contribution < 1.29 is 13.9 Å². The summed E-state index contributed by atoms with van der Waals surface area (Å²) >= 11 is 0. The van der Waals surface area contributed by atoms with Crippen LogP contribution in [0.5, 0.6) is 5.75 Å². The van der Waals surface area contributed by atoms with E-state index >= 15 is 0 Å². The molecule has 0 saturated heterocycles. The molecule has 0 radical (unpaired) electrons. The third kappa shape index (κ3) is 3.81. The first kappa shape index (κ1) is 15.0. The van der Waals surface area contributed by atoms with E-state index in [1.807, 2.05) is 25.1 Å². The van der Waals surface area contributed by atoms with Crippen molar-refractivity contribution in [3.63, 3.8) is 0 Å². The summed E-state index contributed by atoms with van der Waals surface area (Å²) in [6, 6.07) is 11.8. The topological polar surface area (TPSA) is 38.3 Å². The highest BCUT2D eigenvalue weighted by molar-refractivity contribution is 5.94. The van der Waals surface area contributed by atoms with Crippen LogP contribution in [0.15, 0.2) is 42.5 Å². The molecule has 0 aliphatic rings. The van der Waals surface area contributed by atoms with E-state index in [4.69, 9.17) is 4.74 Å². The van der Waals surface area contributed by atoms with Crippen LogP contribution in [0.4, 0.5) is 4.39 Å². The number of amides is 1. The number of hydrogen-bond donors (Lipinski definition) is 1. The van der Waals surface area contributed by atoms with E-state index in [1.54, 1.807) is 19.2 Å². The number of benzene rings is 2. The summed E-state index contributed by atoms with van der Waals surface area (Å²) in [6.07, 6.45) is 0.630. The third-order valence-corrected chi connectivity index (χ3v) is 3.23. The average Bonchev–Trinajstić information content (AvgIpc) is 2.48. The van der Waals surface area contributed by atoms with Crippen molar-refractivity contribution in [3.05, 3.63) is 65.0 Å². The Morgan fingerprint density at radius 1 is 1.24 bits per heavy atom. The number of aryl methyl sites for hydroxylation is 1. The van der Waals surface area contributed by atoms with Crippen LogP contribution in [0.1, 0.15) is 21.5 Å². The number of nitrogens with one attached hydrogen (secondary N) is 1. The highest BCUT2D eigenvalue weighted by Gasteiger charge is 2.10. The van der Waals surface area contributed by atoms with E-state index in [-0.39, 0.29) is 5.56 Å². The van der Waals surface area contributed by atoms with E-state index in [0.29, 0.717) is 13.0 Å². The summed E-state index contributed by atoms with van der Waals surface area (Å²) in [5.41, 5.74) is 2.21. The van der Waals surface area contributed by atoms with Gasteiger partial charge in [-0.25, -0.2) is 4.39 Å². The zero-order chi connectivity index (χ0) is 15.2. The van der Waals surface area contributed by atoms with Gasteiger partial charge in [0.15, 0.2) is 0 Å². The highest BCUT2D eigenvalue weighted by Crippen LogP contribution is 2.19. The normalized spacial score (nSPS) is 10.2. The Hall–Kier alpha value is -2.36. The van der Waals surface area contributed by atoms with E-state index < -0.39 is 11.7 Å². The van der Waals surface area contributed by atoms with Gasteiger partial charge in [0.1, 0.15) is 11.6 Å². The molecule has 0 aliphatic heterocycles. The highest BCUT2D eigenvalue weighted by atomic mass is 19.1. The van der Waals surface area contributed by atoms with Crippen LogP contribution in [0.25, 0.3) is 0 Å². The van der Waals surface area contributed by atoms with Gasteiger partial charge in [-0.15, -0.1) is 0 Å². The number of hydrogen-bond acceptors (Lipinski definition) is 2. The summed E-state index contributed by atoms with van der Waals surface area (Å²) in [7, 11) is 1.62. The Kier molecular flexibility index (Phi) is 4.93. The van der Waals surface area contributed by atoms with Gasteiger partial charge in [0.25, 0.3) is 5.91 Å². The van der Waals surface area contributed by atoms with Gasteiger partial charge in [-0.05, 0) is 37.1 Å². The Morgan fingerprint density at radius 3 is 2.71 bits per heavy atom. The van der Waals surface area contributed by atoms with Crippen molar-refractivity contribution in [3.8, 4) is 5.75 Å². The van der Waals surface area contributed by atoms with Crippen molar-refractivity contribution in [1.29, 1.82) is 0 Å². The summed E-state index contributed by atoms with van der Waals surface area (Å²) in [5.74, 6) is -0.122. The second kappa shape index (κ2) is 6.88. The summed E-state index contributed by atoms with van der Waals surface area (Å²) in [5, 5.41) is 2.72. The molecular weight excluding hydrogens is 269 g/mol. The van der Waals surface area contributed by atoms with Crippen molar-refractivity contribution >= 4 is 5.91 Å². The first-order valence-electron chi connectivity index (χ1n) is 6.78. The number of carbonyl (C=O) groups is 1. The van der Waals surface area contributed by atoms with Crippen molar-refractivity contribution in [1.82, 2.24) is 5.32 Å². The van der Waals surface area contributed by atoms with Crippen molar-refractivity contribution in [2.24, 2.45) is 0 Å². The zero-order valence-corrected chi connectivity index (χ0v) is 12.2. The van der Waals surface area contributed by atoms with Crippen molar-refractivity contribution in [2.45, 2.75) is 13.3 Å². The quantitative estimate of drug-likeness (QED) is 0.917. The van der Waals surface area contributed by atoms with Gasteiger partial charge >= 0.3 is 0 Å². The van der Waals surface area contributed by atoms with Gasteiger partial charge in [-0.1, -0.05) is 29.8 Å². The first-order valence-corrected chi connectivity index (χ1v) is 6.78. The second-order valence-corrected chi connectivity index (χ2v) is 4.80. The minimum absolute atomic E-state index is 0.0636. The molecule has 0 unspecified atom stereocenters. The molecule has 21 heavy (non-hydrogen) atoms. The SMILES string of the molecule is COc1ccc(C)cc1CCNC(=O)c1ccccc1F. The minimum atomic E-state index is -0.511. The second-order valence-electron chi connectivity index (χ2n) is 4.80. The fraction of sp³-hybridized carbons (Fsp3) is 0.235. The average molecular weight is 287 g/mol. The number of carbonyl (C=O) groups excluding carboxylic acids is 1. The van der Waals surface area contributed by atoms with Gasteiger partial charge in [0, 0.05) is 6.54 Å². The molecule has 2 aromatic carbocycles. The molecule has 0 saturated carbocycles. The molecular formula is C17H18FNO2. The van der Waals surface area contributed by atoms with E-state index in [0.717, 1.165) is 16.9 Å². The van der Waals surface area contributed by atoms with Gasteiger partial charge in [0.05, 0.1) is 12.7 Å². The monoisotopic (exact) mass is 287 g/mol. The zero-order valence-electron chi connectivity index (χ0n) is 12.2. The molecule has 0 bridgehead atoms. The molecule has 0 fully saturated rings. The van der Waals surface area contributed by atoms with Gasteiger partial charge in [0.2, 0.25) is 0 Å². The molecule has 4 heteroatoms. The molecule has 0 aromatic heterocycles. The lowest BCUT2D eigenvalue weighted by Gasteiger charge is -2.10. The smallest absolute Gasteiger partial charge is 0.254 e. The Morgan fingerprint density at radius 2 is 2.00 bits per heavy atom. The summed E-state index contributed by atoms with van der Waals surface area (Å²) < 4.78 is 18.8. The Balaban J connectivity index is 1.97. The molecule has 0 aliphatic carbocycles. The maximum absolute atomic E-state index is 13.5. The minimum Gasteiger partial charge on any atom is -0.496 e. The lowest BCUT2D eigenvalue weighted by atomic mass is 10.1. The van der Waals surface area contributed by atoms with E-state index in [1.165, 1.54) is 12.1 Å². The molecule has 1 N–H and O–H groups in total. The standard InChI is InChI=1S/C17H18FNO2/c1-12-7-8-16(21-2)13(11-12)9-10-19-17(20)14-5-3-4-6-15(14)18/h3-8,11H,9-10H2,1-2H3,(H,19,20). The maximum atomic E-state index is 13.5. The number of halogens is 1. The third-order valence-electron chi connectivity index (χ3n) is 3.23. The molecule has 3 nitrogen and oxygen atoms in total. The Labute approximate surface area is 123 Å². The molecule has 110 valence electrons. The first-order chi connectivity index (χ1) is 10.1. The van der Waals surface area contributed by atoms with Crippen LogP contribution in [-0.4, -0.2) is 19.6 Å². The summed E-state index contributed by atoms with van der Waals surface area (Å²) in [6.45, 7) is 2.42. The van der Waals surface area contributed by atoms with Crippen molar-refractivity contribution in [2.75, 3.05) is 13.7 Å². The Bertz CT molecular complexity index is 640. The number of methoxy groups -OCH3 is 1. The van der Waals surface area contributed by atoms with E-state index in [9.17, 15) is 9.18 Å². The molecule has 1 amide bonds. The predicted octanol–water partition coefficient (Wildman–Crippen LogP) is 3.12. The lowest BCUT2D eigenvalue weighted by Crippen LogP contribution is -2.26. The lowest BCUT2D eigenvalue weighted by molar-refractivity contribution is 0.0950. The summed E-state index contributed by atoms with van der Waals surface area (Å²) in [4.78, 5) is 11.9. The van der Waals surface area contributed by atoms with E-state index in [2.05, 4.69) is 5.32 Å². The van der Waals surface area contributed by atoms with Crippen LogP contribution in [-0.2, 0) is 6.42 Å². The van der Waals surface area contributed by atoms with Gasteiger partial charge in [-0.3, -0.25) is 4.79 Å². The van der Waals surface area contributed by atoms with Crippen LogP contribution >= 0.6 is 0 Å². The molecule has 2 aromatic rings. The predicted molar refractivity (Wildman–Crippen MR) is 80.2 cm³/mol. The van der Waals surface area contributed by atoms with Crippen LogP contribution in [0, 0.1) is 12.7 Å². The van der Waals surface area contributed by atoms with Crippen LogP contribution < -0.4 is 10.1 Å². The number of rotatable bonds is 5.